The van der Waals surface area contributed by atoms with Crippen molar-refractivity contribution in [1.82, 2.24) is 9.88 Å². The van der Waals surface area contributed by atoms with E-state index in [0.717, 1.165) is 6.07 Å². The van der Waals surface area contributed by atoms with Gasteiger partial charge in [-0.15, -0.1) is 0 Å². The summed E-state index contributed by atoms with van der Waals surface area (Å²) in [6, 6.07) is 4.28. The van der Waals surface area contributed by atoms with Gasteiger partial charge in [-0.05, 0) is 65.3 Å². The Balaban J connectivity index is 2.40. The fourth-order valence-corrected chi connectivity index (χ4v) is 3.49. The van der Waals surface area contributed by atoms with Crippen molar-refractivity contribution >= 4 is 17.7 Å². The molecular formula is C22H27FN2O4. The van der Waals surface area contributed by atoms with E-state index in [9.17, 15) is 18.8 Å². The van der Waals surface area contributed by atoms with E-state index in [1.54, 1.807) is 41.5 Å². The van der Waals surface area contributed by atoms with Crippen LogP contribution in [-0.4, -0.2) is 46.2 Å². The number of Topliss-reactive ketones (excluding diaryl/α,β-unsaturated/α-hetero) is 1. The third kappa shape index (κ3) is 4.55. The number of aromatic nitrogens is 1. The lowest BCUT2D eigenvalue weighted by Gasteiger charge is -2.32. The Morgan fingerprint density at radius 3 is 2.38 bits per heavy atom. The normalized spacial score (nSPS) is 12.0. The number of carbonyl (C=O) groups is 3. The molecule has 1 aromatic heterocycles. The number of hydrogen-bond donors (Lipinski definition) is 1. The third-order valence-corrected chi connectivity index (χ3v) is 4.82. The largest absolute Gasteiger partial charge is 0.461 e. The number of nitrogens with zero attached hydrogens (tertiary/aromatic N) is 1. The van der Waals surface area contributed by atoms with E-state index in [4.69, 9.17) is 4.74 Å². The standard InChI is InChI=1S/C22H27FN2O4/c1-7-29-22(28)19-13(4)18(14(5)24-19)20(26)15(6)25(12(2)3)21(27)16-9-8-10-17(23)11-16/h8-12,15,24H,7H2,1-6H3/t15-/m1/s1. The molecule has 0 saturated carbocycles. The summed E-state index contributed by atoms with van der Waals surface area (Å²) in [6.45, 7) is 10.5. The van der Waals surface area contributed by atoms with Crippen LogP contribution in [0.5, 0.6) is 0 Å². The van der Waals surface area contributed by atoms with Crippen LogP contribution >= 0.6 is 0 Å². The number of ketones is 1. The Morgan fingerprint density at radius 1 is 1.17 bits per heavy atom. The van der Waals surface area contributed by atoms with Crippen LogP contribution in [0.3, 0.4) is 0 Å². The maximum Gasteiger partial charge on any atom is 0.355 e. The van der Waals surface area contributed by atoms with E-state index in [2.05, 4.69) is 4.98 Å². The van der Waals surface area contributed by atoms with Crippen LogP contribution in [0.25, 0.3) is 0 Å². The van der Waals surface area contributed by atoms with Crippen molar-refractivity contribution in [1.29, 1.82) is 0 Å². The molecule has 0 bridgehead atoms. The molecule has 1 amide bonds. The second-order valence-corrected chi connectivity index (χ2v) is 7.20. The Kier molecular flexibility index (Phi) is 6.95. The summed E-state index contributed by atoms with van der Waals surface area (Å²) in [5.41, 5.74) is 1.78. The molecule has 7 heteroatoms. The van der Waals surface area contributed by atoms with Gasteiger partial charge in [0.05, 0.1) is 12.6 Å². The number of halogens is 1. The predicted octanol–water partition coefficient (Wildman–Crippen LogP) is 4.07. The fraction of sp³-hybridized carbons (Fsp3) is 0.409. The Labute approximate surface area is 170 Å². The van der Waals surface area contributed by atoms with E-state index in [1.165, 1.54) is 23.1 Å². The summed E-state index contributed by atoms with van der Waals surface area (Å²) in [4.78, 5) is 42.8. The van der Waals surface area contributed by atoms with Crippen molar-refractivity contribution in [2.45, 2.75) is 53.6 Å². The zero-order valence-corrected chi connectivity index (χ0v) is 17.6. The Bertz CT molecular complexity index is 933. The molecular weight excluding hydrogens is 375 g/mol. The number of H-pyrrole nitrogens is 1. The van der Waals surface area contributed by atoms with Crippen molar-refractivity contribution in [3.05, 3.63) is 58.2 Å². The van der Waals surface area contributed by atoms with E-state index >= 15 is 0 Å². The Hall–Kier alpha value is -2.96. The van der Waals surface area contributed by atoms with Crippen molar-refractivity contribution in [2.75, 3.05) is 6.61 Å². The first kappa shape index (κ1) is 22.3. The molecule has 29 heavy (non-hydrogen) atoms. The minimum atomic E-state index is -0.811. The minimum Gasteiger partial charge on any atom is -0.461 e. The molecule has 0 aliphatic rings. The summed E-state index contributed by atoms with van der Waals surface area (Å²) in [7, 11) is 0. The zero-order valence-electron chi connectivity index (χ0n) is 17.6. The van der Waals surface area contributed by atoms with Gasteiger partial charge in [-0.2, -0.15) is 0 Å². The molecule has 6 nitrogen and oxygen atoms in total. The number of hydrogen-bond acceptors (Lipinski definition) is 4. The SMILES string of the molecule is CCOC(=O)c1[nH]c(C)c(C(=O)[C@@H](C)N(C(=O)c2cccc(F)c2)C(C)C)c1C. The lowest BCUT2D eigenvalue weighted by molar-refractivity contribution is 0.0518. The molecule has 156 valence electrons. The average molecular weight is 402 g/mol. The zero-order chi connectivity index (χ0) is 21.9. The number of rotatable bonds is 7. The number of aromatic amines is 1. The third-order valence-electron chi connectivity index (χ3n) is 4.82. The predicted molar refractivity (Wildman–Crippen MR) is 108 cm³/mol. The lowest BCUT2D eigenvalue weighted by Crippen LogP contribution is -2.47. The smallest absolute Gasteiger partial charge is 0.355 e. The van der Waals surface area contributed by atoms with Gasteiger partial charge >= 0.3 is 5.97 Å². The van der Waals surface area contributed by atoms with Gasteiger partial charge in [0.25, 0.3) is 5.91 Å². The van der Waals surface area contributed by atoms with E-state index in [1.807, 2.05) is 0 Å². The second kappa shape index (κ2) is 9.03. The number of aryl methyl sites for hydroxylation is 1. The minimum absolute atomic E-state index is 0.174. The van der Waals surface area contributed by atoms with Crippen LogP contribution in [0.2, 0.25) is 0 Å². The van der Waals surface area contributed by atoms with Crippen LogP contribution in [0.1, 0.15) is 70.2 Å². The lowest BCUT2D eigenvalue weighted by atomic mass is 9.98. The van der Waals surface area contributed by atoms with Gasteiger partial charge in [0.15, 0.2) is 5.78 Å². The summed E-state index contributed by atoms with van der Waals surface area (Å²) in [6.07, 6.45) is 0. The average Bonchev–Trinajstić information content (AvgIpc) is 2.95. The number of amides is 1. The summed E-state index contributed by atoms with van der Waals surface area (Å²) in [5.74, 6) is -1.78. The first-order chi connectivity index (χ1) is 13.6. The van der Waals surface area contributed by atoms with Crippen molar-refractivity contribution in [3.8, 4) is 0 Å². The topological polar surface area (TPSA) is 79.5 Å². The number of carbonyl (C=O) groups excluding carboxylic acids is 3. The van der Waals surface area contributed by atoms with Crippen molar-refractivity contribution in [2.24, 2.45) is 0 Å². The molecule has 1 heterocycles. The molecule has 0 aliphatic heterocycles. The molecule has 1 aromatic carbocycles. The maximum atomic E-state index is 13.6. The molecule has 1 atom stereocenters. The first-order valence-electron chi connectivity index (χ1n) is 9.58. The number of esters is 1. The highest BCUT2D eigenvalue weighted by atomic mass is 19.1. The Morgan fingerprint density at radius 2 is 1.83 bits per heavy atom. The second-order valence-electron chi connectivity index (χ2n) is 7.20. The van der Waals surface area contributed by atoms with Crippen LogP contribution in [0.15, 0.2) is 24.3 Å². The van der Waals surface area contributed by atoms with Gasteiger partial charge < -0.3 is 14.6 Å². The highest BCUT2D eigenvalue weighted by molar-refractivity contribution is 6.07. The number of ether oxygens (including phenoxy) is 1. The molecule has 0 unspecified atom stereocenters. The summed E-state index contributed by atoms with van der Waals surface area (Å²) < 4.78 is 18.6. The van der Waals surface area contributed by atoms with Crippen LogP contribution in [0.4, 0.5) is 4.39 Å². The van der Waals surface area contributed by atoms with E-state index in [0.29, 0.717) is 16.8 Å². The summed E-state index contributed by atoms with van der Waals surface area (Å²) >= 11 is 0. The van der Waals surface area contributed by atoms with Gasteiger partial charge in [-0.3, -0.25) is 9.59 Å². The quantitative estimate of drug-likeness (QED) is 0.559. The van der Waals surface area contributed by atoms with Gasteiger partial charge in [0.2, 0.25) is 0 Å². The van der Waals surface area contributed by atoms with Gasteiger partial charge in [-0.25, -0.2) is 9.18 Å². The molecule has 2 aromatic rings. The molecule has 0 spiro atoms. The van der Waals surface area contributed by atoms with Crippen LogP contribution in [0, 0.1) is 19.7 Å². The highest BCUT2D eigenvalue weighted by Crippen LogP contribution is 2.24. The molecule has 0 radical (unpaired) electrons. The fourth-order valence-electron chi connectivity index (χ4n) is 3.49. The van der Waals surface area contributed by atoms with Gasteiger partial charge in [-0.1, -0.05) is 6.07 Å². The van der Waals surface area contributed by atoms with Crippen LogP contribution in [-0.2, 0) is 4.74 Å². The van der Waals surface area contributed by atoms with Gasteiger partial charge in [0, 0.05) is 22.9 Å². The number of benzene rings is 1. The monoisotopic (exact) mass is 402 g/mol. The molecule has 0 saturated heterocycles. The number of nitrogens with one attached hydrogen (secondary N) is 1. The maximum absolute atomic E-state index is 13.6. The van der Waals surface area contributed by atoms with Crippen molar-refractivity contribution < 1.29 is 23.5 Å². The van der Waals surface area contributed by atoms with E-state index in [-0.39, 0.29) is 29.7 Å². The van der Waals surface area contributed by atoms with Crippen LogP contribution < -0.4 is 0 Å². The van der Waals surface area contributed by atoms with Crippen molar-refractivity contribution in [3.63, 3.8) is 0 Å². The first-order valence-corrected chi connectivity index (χ1v) is 9.58. The van der Waals surface area contributed by atoms with E-state index < -0.39 is 23.7 Å². The molecule has 0 fully saturated rings. The van der Waals surface area contributed by atoms with Gasteiger partial charge in [0.1, 0.15) is 11.5 Å². The molecule has 2 rings (SSSR count). The molecule has 0 aliphatic carbocycles. The highest BCUT2D eigenvalue weighted by Gasteiger charge is 2.33. The molecule has 1 N–H and O–H groups in total. The summed E-state index contributed by atoms with van der Waals surface area (Å²) in [5, 5.41) is 0.